The van der Waals surface area contributed by atoms with E-state index in [1.54, 1.807) is 30.0 Å². The second kappa shape index (κ2) is 10.8. The van der Waals surface area contributed by atoms with Crippen LogP contribution in [0, 0.1) is 17.7 Å². The molecule has 2 aromatic carbocycles. The number of nitrogens with zero attached hydrogens (tertiary/aromatic N) is 2. The van der Waals surface area contributed by atoms with Gasteiger partial charge in [-0.15, -0.1) is 0 Å². The Kier molecular flexibility index (Phi) is 7.86. The van der Waals surface area contributed by atoms with Gasteiger partial charge in [0.05, 0.1) is 35.3 Å². The minimum absolute atomic E-state index is 0.0570. The molecule has 0 saturated heterocycles. The number of benzene rings is 2. The number of nitrogens with one attached hydrogen (secondary N) is 1. The number of para-hydroxylation sites is 1. The molecule has 1 aliphatic carbocycles. The van der Waals surface area contributed by atoms with E-state index in [0.717, 1.165) is 29.3 Å². The van der Waals surface area contributed by atoms with Crippen LogP contribution in [0.3, 0.4) is 0 Å². The number of carbonyl (C=O) groups is 2. The van der Waals surface area contributed by atoms with Crippen molar-refractivity contribution in [2.24, 2.45) is 11.8 Å². The fraction of sp³-hybridized carbons (Fsp3) is 0.462. The molecule has 2 aliphatic rings. The summed E-state index contributed by atoms with van der Waals surface area (Å²) in [6.45, 7) is 3.46. The summed E-state index contributed by atoms with van der Waals surface area (Å²) in [5.74, 6) is -1.30. The zero-order valence-electron chi connectivity index (χ0n) is 21.1. The molecule has 0 spiro atoms. The lowest BCUT2D eigenvalue weighted by Gasteiger charge is -2.38. The molecule has 200 valence electrons. The summed E-state index contributed by atoms with van der Waals surface area (Å²) in [6.07, 6.45) is 0.891. The number of hydrogen-bond acceptors (Lipinski definition) is 6. The van der Waals surface area contributed by atoms with E-state index in [2.05, 4.69) is 5.32 Å². The number of anilines is 1. The first-order chi connectivity index (χ1) is 17.5. The molecule has 1 saturated carbocycles. The Balaban J connectivity index is 1.70. The van der Waals surface area contributed by atoms with E-state index in [0.29, 0.717) is 5.69 Å². The van der Waals surface area contributed by atoms with Crippen molar-refractivity contribution in [1.82, 2.24) is 9.21 Å². The van der Waals surface area contributed by atoms with Crippen LogP contribution < -0.4 is 10.1 Å². The molecular weight excluding hydrogens is 501 g/mol. The van der Waals surface area contributed by atoms with Gasteiger partial charge in [-0.3, -0.25) is 9.59 Å². The number of halogens is 1. The molecule has 0 aromatic heterocycles. The molecule has 37 heavy (non-hydrogen) atoms. The Morgan fingerprint density at radius 3 is 2.54 bits per heavy atom. The van der Waals surface area contributed by atoms with Crippen LogP contribution in [0.5, 0.6) is 5.75 Å². The van der Waals surface area contributed by atoms with E-state index in [4.69, 9.17) is 4.74 Å². The number of ether oxygens (including phenoxy) is 1. The highest BCUT2D eigenvalue weighted by Gasteiger charge is 2.37. The number of aliphatic hydroxyl groups is 1. The smallest absolute Gasteiger partial charge is 0.258 e. The van der Waals surface area contributed by atoms with E-state index in [9.17, 15) is 27.5 Å². The number of rotatable bonds is 8. The largest absolute Gasteiger partial charge is 0.486 e. The van der Waals surface area contributed by atoms with Crippen molar-refractivity contribution >= 4 is 27.5 Å². The quantitative estimate of drug-likeness (QED) is 0.539. The molecule has 2 N–H and O–H groups in total. The minimum Gasteiger partial charge on any atom is -0.486 e. The van der Waals surface area contributed by atoms with Crippen molar-refractivity contribution in [2.75, 3.05) is 32.1 Å². The maximum absolute atomic E-state index is 13.5. The Hall–Kier alpha value is -3.02. The standard InChI is InChI=1S/C26H32FN3O6S/c1-16-13-30(17(2)15-31)26(33)21-5-4-6-22(28-25(32)18-7-8-18)24(21)36-23(16)14-29(3)37(34,35)20-11-9-19(27)10-12-20/h4-6,9-12,16-18,23,31H,7-8,13-15H2,1-3H3,(H,28,32)/t16-,17-,23-/m0/s1. The molecule has 0 radical (unpaired) electrons. The van der Waals surface area contributed by atoms with Crippen LogP contribution in [-0.2, 0) is 14.8 Å². The van der Waals surface area contributed by atoms with Gasteiger partial charge < -0.3 is 20.1 Å². The van der Waals surface area contributed by atoms with Crippen LogP contribution in [0.4, 0.5) is 10.1 Å². The van der Waals surface area contributed by atoms with E-state index >= 15 is 0 Å². The fourth-order valence-electron chi connectivity index (χ4n) is 4.28. The van der Waals surface area contributed by atoms with E-state index in [-0.39, 0.29) is 59.6 Å². The molecule has 1 aliphatic heterocycles. The predicted octanol–water partition coefficient (Wildman–Crippen LogP) is 2.72. The first-order valence-corrected chi connectivity index (χ1v) is 13.7. The van der Waals surface area contributed by atoms with Crippen molar-refractivity contribution < 1.29 is 32.2 Å². The van der Waals surface area contributed by atoms with Gasteiger partial charge in [0.2, 0.25) is 15.9 Å². The summed E-state index contributed by atoms with van der Waals surface area (Å²) in [7, 11) is -2.55. The third kappa shape index (κ3) is 5.78. The number of carbonyl (C=O) groups excluding carboxylic acids is 2. The Bertz CT molecular complexity index is 1270. The lowest BCUT2D eigenvalue weighted by Crippen LogP contribution is -2.50. The first-order valence-electron chi connectivity index (χ1n) is 12.3. The maximum Gasteiger partial charge on any atom is 0.258 e. The number of fused-ring (bicyclic) bond motifs is 1. The fourth-order valence-corrected chi connectivity index (χ4v) is 5.46. The molecule has 0 bridgehead atoms. The molecule has 0 unspecified atom stereocenters. The lowest BCUT2D eigenvalue weighted by molar-refractivity contribution is -0.117. The van der Waals surface area contributed by atoms with Gasteiger partial charge >= 0.3 is 0 Å². The highest BCUT2D eigenvalue weighted by atomic mass is 32.2. The number of likely N-dealkylation sites (N-methyl/N-ethyl adjacent to an activating group) is 1. The third-order valence-electron chi connectivity index (χ3n) is 6.86. The van der Waals surface area contributed by atoms with Crippen molar-refractivity contribution in [2.45, 2.75) is 43.7 Å². The third-order valence-corrected chi connectivity index (χ3v) is 8.69. The topological polar surface area (TPSA) is 116 Å². The Morgan fingerprint density at radius 2 is 1.92 bits per heavy atom. The molecular formula is C26H32FN3O6S. The van der Waals surface area contributed by atoms with E-state index < -0.39 is 28.0 Å². The SMILES string of the molecule is C[C@H]1CN([C@@H](C)CO)C(=O)c2cccc(NC(=O)C3CC3)c2O[C@H]1CN(C)S(=O)(=O)c1ccc(F)cc1. The maximum atomic E-state index is 13.5. The summed E-state index contributed by atoms with van der Waals surface area (Å²) in [5.41, 5.74) is 0.553. The lowest BCUT2D eigenvalue weighted by atomic mass is 9.99. The van der Waals surface area contributed by atoms with Gasteiger partial charge in [-0.25, -0.2) is 12.8 Å². The second-order valence-electron chi connectivity index (χ2n) is 9.81. The van der Waals surface area contributed by atoms with E-state index in [1.165, 1.54) is 19.2 Å². The average Bonchev–Trinajstić information content (AvgIpc) is 3.72. The zero-order chi connectivity index (χ0) is 26.9. The van der Waals surface area contributed by atoms with Gasteiger partial charge in [-0.2, -0.15) is 4.31 Å². The summed E-state index contributed by atoms with van der Waals surface area (Å²) >= 11 is 0. The number of aliphatic hydroxyl groups excluding tert-OH is 1. The summed E-state index contributed by atoms with van der Waals surface area (Å²) in [6, 6.07) is 8.96. The predicted molar refractivity (Wildman–Crippen MR) is 135 cm³/mol. The molecule has 3 atom stereocenters. The first kappa shape index (κ1) is 27.0. The monoisotopic (exact) mass is 533 g/mol. The van der Waals surface area contributed by atoms with Crippen LogP contribution in [0.1, 0.15) is 37.0 Å². The Morgan fingerprint density at radius 1 is 1.24 bits per heavy atom. The molecule has 11 heteroatoms. The van der Waals surface area contributed by atoms with Crippen LogP contribution in [0.2, 0.25) is 0 Å². The van der Waals surface area contributed by atoms with Crippen LogP contribution in [0.15, 0.2) is 47.4 Å². The van der Waals surface area contributed by atoms with Crippen LogP contribution >= 0.6 is 0 Å². The molecule has 1 heterocycles. The summed E-state index contributed by atoms with van der Waals surface area (Å²) in [4.78, 5) is 27.5. The minimum atomic E-state index is -3.96. The molecule has 9 nitrogen and oxygen atoms in total. The van der Waals surface area contributed by atoms with Crippen molar-refractivity contribution in [3.05, 3.63) is 53.8 Å². The van der Waals surface area contributed by atoms with Crippen molar-refractivity contribution in [3.8, 4) is 5.75 Å². The number of amides is 2. The highest BCUT2D eigenvalue weighted by Crippen LogP contribution is 2.37. The average molecular weight is 534 g/mol. The van der Waals surface area contributed by atoms with Gasteiger partial charge in [0.1, 0.15) is 11.9 Å². The molecule has 2 aromatic rings. The van der Waals surface area contributed by atoms with Gasteiger partial charge in [-0.1, -0.05) is 13.0 Å². The Labute approximate surface area is 216 Å². The van der Waals surface area contributed by atoms with Crippen LogP contribution in [0.25, 0.3) is 0 Å². The van der Waals surface area contributed by atoms with Gasteiger partial charge in [-0.05, 0) is 56.2 Å². The normalized spacial score (nSPS) is 21.0. The second-order valence-corrected chi connectivity index (χ2v) is 11.9. The van der Waals surface area contributed by atoms with Gasteiger partial charge in [0, 0.05) is 25.4 Å². The van der Waals surface area contributed by atoms with Crippen LogP contribution in [-0.4, -0.2) is 73.4 Å². The number of sulfonamides is 1. The molecule has 4 rings (SSSR count). The summed E-state index contributed by atoms with van der Waals surface area (Å²) < 4.78 is 47.2. The summed E-state index contributed by atoms with van der Waals surface area (Å²) in [5, 5.41) is 12.7. The molecule has 1 fully saturated rings. The van der Waals surface area contributed by atoms with Gasteiger partial charge in [0.25, 0.3) is 5.91 Å². The molecule has 2 amide bonds. The van der Waals surface area contributed by atoms with Crippen molar-refractivity contribution in [1.29, 1.82) is 0 Å². The number of hydrogen-bond donors (Lipinski definition) is 2. The van der Waals surface area contributed by atoms with Gasteiger partial charge in [0.15, 0.2) is 5.75 Å². The zero-order valence-corrected chi connectivity index (χ0v) is 21.9. The van der Waals surface area contributed by atoms with E-state index in [1.807, 2.05) is 6.92 Å². The highest BCUT2D eigenvalue weighted by molar-refractivity contribution is 7.89. The van der Waals surface area contributed by atoms with Crippen molar-refractivity contribution in [3.63, 3.8) is 0 Å².